The van der Waals surface area contributed by atoms with Crippen molar-refractivity contribution in [2.45, 2.75) is 38.3 Å². The molecular weight excluding hydrogens is 150 g/mol. The topological polar surface area (TPSA) is 55.3 Å². The first kappa shape index (κ1) is 9.96. The molecule has 1 aliphatic rings. The molecule has 4 N–H and O–H groups in total. The van der Waals surface area contributed by atoms with Crippen LogP contribution in [0.4, 0.5) is 0 Å². The second kappa shape index (κ2) is 2.98. The lowest BCUT2D eigenvalue weighted by Gasteiger charge is -2.33. The van der Waals surface area contributed by atoms with Gasteiger partial charge >= 0.3 is 0 Å². The summed E-state index contributed by atoms with van der Waals surface area (Å²) < 4.78 is 0. The molecule has 1 aliphatic heterocycles. The van der Waals surface area contributed by atoms with Gasteiger partial charge in [-0.25, -0.2) is 0 Å². The van der Waals surface area contributed by atoms with Gasteiger partial charge in [0, 0.05) is 30.7 Å². The van der Waals surface area contributed by atoms with Crippen molar-refractivity contribution in [1.82, 2.24) is 4.90 Å². The third-order valence-electron chi connectivity index (χ3n) is 2.74. The van der Waals surface area contributed by atoms with Crippen molar-refractivity contribution in [3.8, 4) is 0 Å². The third kappa shape index (κ3) is 1.97. The molecular formula is C9H21N3. The first-order valence-corrected chi connectivity index (χ1v) is 4.61. The van der Waals surface area contributed by atoms with Crippen LogP contribution in [0.1, 0.15) is 27.2 Å². The van der Waals surface area contributed by atoms with E-state index in [1.165, 1.54) is 0 Å². The molecule has 0 radical (unpaired) electrons. The van der Waals surface area contributed by atoms with Crippen LogP contribution < -0.4 is 11.5 Å². The largest absolute Gasteiger partial charge is 0.329 e. The summed E-state index contributed by atoms with van der Waals surface area (Å²) in [6.07, 6.45) is 1.03. The van der Waals surface area contributed by atoms with Crippen molar-refractivity contribution >= 4 is 0 Å². The number of nitrogens with zero attached hydrogens (tertiary/aromatic N) is 1. The van der Waals surface area contributed by atoms with Crippen LogP contribution in [0, 0.1) is 0 Å². The van der Waals surface area contributed by atoms with E-state index in [1.54, 1.807) is 0 Å². The van der Waals surface area contributed by atoms with Crippen LogP contribution >= 0.6 is 0 Å². The molecule has 1 heterocycles. The lowest BCUT2D eigenvalue weighted by atomic mass is 10.0. The standard InChI is InChI=1S/C9H21N3/c1-8(2,3)12-5-4-9(11,6-10)7-12/h4-7,10-11H2,1-3H3/t9-/m1/s1. The van der Waals surface area contributed by atoms with E-state index >= 15 is 0 Å². The minimum Gasteiger partial charge on any atom is -0.329 e. The maximum absolute atomic E-state index is 6.08. The first-order chi connectivity index (χ1) is 5.37. The highest BCUT2D eigenvalue weighted by Gasteiger charge is 2.37. The molecule has 0 aromatic rings. The fourth-order valence-electron chi connectivity index (χ4n) is 1.64. The molecule has 0 unspecified atom stereocenters. The van der Waals surface area contributed by atoms with E-state index in [1.807, 2.05) is 0 Å². The molecule has 0 aliphatic carbocycles. The maximum Gasteiger partial charge on any atom is 0.0420 e. The number of likely N-dealkylation sites (tertiary alicyclic amines) is 1. The van der Waals surface area contributed by atoms with Crippen molar-refractivity contribution in [3.05, 3.63) is 0 Å². The van der Waals surface area contributed by atoms with Crippen molar-refractivity contribution in [2.75, 3.05) is 19.6 Å². The number of hydrogen-bond acceptors (Lipinski definition) is 3. The summed E-state index contributed by atoms with van der Waals surface area (Å²) >= 11 is 0. The van der Waals surface area contributed by atoms with Gasteiger partial charge in [-0.15, -0.1) is 0 Å². The Kier molecular flexibility index (Phi) is 2.47. The average Bonchev–Trinajstić information content (AvgIpc) is 2.32. The van der Waals surface area contributed by atoms with Crippen LogP contribution in [0.25, 0.3) is 0 Å². The van der Waals surface area contributed by atoms with E-state index in [2.05, 4.69) is 25.7 Å². The molecule has 0 saturated carbocycles. The SMILES string of the molecule is CC(C)(C)N1CC[C@@](N)(CN)C1. The van der Waals surface area contributed by atoms with Gasteiger partial charge < -0.3 is 11.5 Å². The Morgan fingerprint density at radius 1 is 1.42 bits per heavy atom. The lowest BCUT2D eigenvalue weighted by Crippen LogP contribution is -2.51. The summed E-state index contributed by atoms with van der Waals surface area (Å²) in [5.41, 5.74) is 11.8. The number of nitrogens with two attached hydrogens (primary N) is 2. The Morgan fingerprint density at radius 2 is 2.00 bits per heavy atom. The van der Waals surface area contributed by atoms with Gasteiger partial charge in [0.15, 0.2) is 0 Å². The van der Waals surface area contributed by atoms with Gasteiger partial charge in [-0.2, -0.15) is 0 Å². The van der Waals surface area contributed by atoms with Crippen molar-refractivity contribution < 1.29 is 0 Å². The molecule has 1 rings (SSSR count). The van der Waals surface area contributed by atoms with Gasteiger partial charge in [-0.1, -0.05) is 0 Å². The van der Waals surface area contributed by atoms with Crippen LogP contribution in [0.3, 0.4) is 0 Å². The van der Waals surface area contributed by atoms with Gasteiger partial charge in [0.25, 0.3) is 0 Å². The Bertz CT molecular complexity index is 162. The zero-order valence-corrected chi connectivity index (χ0v) is 8.43. The number of rotatable bonds is 1. The van der Waals surface area contributed by atoms with E-state index in [-0.39, 0.29) is 11.1 Å². The summed E-state index contributed by atoms with van der Waals surface area (Å²) in [5, 5.41) is 0. The quantitative estimate of drug-likeness (QED) is 0.590. The van der Waals surface area contributed by atoms with Crippen LogP contribution in [-0.4, -0.2) is 35.6 Å². The normalized spacial score (nSPS) is 32.8. The summed E-state index contributed by atoms with van der Waals surface area (Å²) in [7, 11) is 0. The zero-order valence-electron chi connectivity index (χ0n) is 8.43. The predicted octanol–water partition coefficient (Wildman–Crippen LogP) is 0.147. The minimum absolute atomic E-state index is 0.132. The Morgan fingerprint density at radius 3 is 2.25 bits per heavy atom. The maximum atomic E-state index is 6.08. The molecule has 1 fully saturated rings. The second-order valence-electron chi connectivity index (χ2n) is 4.91. The van der Waals surface area contributed by atoms with E-state index in [4.69, 9.17) is 11.5 Å². The summed E-state index contributed by atoms with van der Waals surface area (Å²) in [6.45, 7) is 9.27. The molecule has 1 saturated heterocycles. The van der Waals surface area contributed by atoms with E-state index in [0.717, 1.165) is 19.5 Å². The van der Waals surface area contributed by atoms with E-state index in [9.17, 15) is 0 Å². The summed E-state index contributed by atoms with van der Waals surface area (Å²) in [4.78, 5) is 2.40. The molecule has 72 valence electrons. The van der Waals surface area contributed by atoms with Crippen LogP contribution in [0.2, 0.25) is 0 Å². The van der Waals surface area contributed by atoms with E-state index in [0.29, 0.717) is 6.54 Å². The Hall–Kier alpha value is -0.120. The predicted molar refractivity (Wildman–Crippen MR) is 51.9 cm³/mol. The molecule has 1 atom stereocenters. The fourth-order valence-corrected chi connectivity index (χ4v) is 1.64. The van der Waals surface area contributed by atoms with Gasteiger partial charge in [0.05, 0.1) is 0 Å². The zero-order chi connectivity index (χ0) is 9.41. The van der Waals surface area contributed by atoms with Gasteiger partial charge in [-0.3, -0.25) is 4.90 Å². The molecule has 3 nitrogen and oxygen atoms in total. The molecule has 0 aromatic carbocycles. The van der Waals surface area contributed by atoms with Gasteiger partial charge in [0.1, 0.15) is 0 Å². The molecule has 0 aromatic heterocycles. The number of hydrogen-bond donors (Lipinski definition) is 2. The third-order valence-corrected chi connectivity index (χ3v) is 2.74. The highest BCUT2D eigenvalue weighted by Crippen LogP contribution is 2.24. The fraction of sp³-hybridized carbons (Fsp3) is 1.00. The van der Waals surface area contributed by atoms with E-state index < -0.39 is 0 Å². The smallest absolute Gasteiger partial charge is 0.0420 e. The molecule has 12 heavy (non-hydrogen) atoms. The van der Waals surface area contributed by atoms with Crippen LogP contribution in [0.15, 0.2) is 0 Å². The molecule has 3 heteroatoms. The Balaban J connectivity index is 2.57. The van der Waals surface area contributed by atoms with Crippen LogP contribution in [-0.2, 0) is 0 Å². The highest BCUT2D eigenvalue weighted by atomic mass is 15.2. The Labute approximate surface area is 75.1 Å². The average molecular weight is 171 g/mol. The summed E-state index contributed by atoms with van der Waals surface area (Å²) in [5.74, 6) is 0. The second-order valence-corrected chi connectivity index (χ2v) is 4.91. The molecule has 0 amide bonds. The lowest BCUT2D eigenvalue weighted by molar-refractivity contribution is 0.164. The first-order valence-electron chi connectivity index (χ1n) is 4.61. The molecule has 0 spiro atoms. The van der Waals surface area contributed by atoms with Gasteiger partial charge in [-0.05, 0) is 27.2 Å². The van der Waals surface area contributed by atoms with Crippen LogP contribution in [0.5, 0.6) is 0 Å². The van der Waals surface area contributed by atoms with Gasteiger partial charge in [0.2, 0.25) is 0 Å². The molecule has 0 bridgehead atoms. The van der Waals surface area contributed by atoms with Crippen molar-refractivity contribution in [3.63, 3.8) is 0 Å². The minimum atomic E-state index is -0.132. The van der Waals surface area contributed by atoms with Crippen molar-refractivity contribution in [1.29, 1.82) is 0 Å². The monoisotopic (exact) mass is 171 g/mol. The summed E-state index contributed by atoms with van der Waals surface area (Å²) in [6, 6.07) is 0. The van der Waals surface area contributed by atoms with Crippen molar-refractivity contribution in [2.24, 2.45) is 11.5 Å². The highest BCUT2D eigenvalue weighted by molar-refractivity contribution is 4.98.